The summed E-state index contributed by atoms with van der Waals surface area (Å²) in [4.78, 5) is 13.1. The normalized spacial score (nSPS) is 12.6. The molecule has 0 fully saturated rings. The van der Waals surface area contributed by atoms with Crippen molar-refractivity contribution in [3.05, 3.63) is 34.6 Å². The van der Waals surface area contributed by atoms with Crippen LogP contribution in [-0.4, -0.2) is 31.6 Å². The number of ether oxygens (including phenoxy) is 1. The minimum Gasteiger partial charge on any atom is -0.469 e. The third-order valence-electron chi connectivity index (χ3n) is 2.64. The highest BCUT2D eigenvalue weighted by molar-refractivity contribution is 6.30. The van der Waals surface area contributed by atoms with E-state index < -0.39 is 0 Å². The number of rotatable bonds is 5. The van der Waals surface area contributed by atoms with Gasteiger partial charge in [0.2, 0.25) is 0 Å². The minimum absolute atomic E-state index is 0.248. The first-order chi connectivity index (χ1) is 8.43. The molecule has 5 heteroatoms. The zero-order valence-electron chi connectivity index (χ0n) is 10.7. The summed E-state index contributed by atoms with van der Waals surface area (Å²) in [5.74, 6) is -0.812. The van der Waals surface area contributed by atoms with E-state index in [9.17, 15) is 9.18 Å². The Bertz CT molecular complexity index is 425. The van der Waals surface area contributed by atoms with Gasteiger partial charge in [-0.15, -0.1) is 0 Å². The third kappa shape index (κ3) is 4.27. The summed E-state index contributed by atoms with van der Waals surface area (Å²) in [5, 5.41) is 0.501. The van der Waals surface area contributed by atoms with Gasteiger partial charge in [0.15, 0.2) is 0 Å². The Labute approximate surface area is 111 Å². The smallest absolute Gasteiger partial charge is 0.309 e. The Morgan fingerprint density at radius 2 is 2.22 bits per heavy atom. The number of carbonyl (C=O) groups is 1. The molecule has 1 atom stereocenters. The maximum atomic E-state index is 13.5. The molecule has 0 N–H and O–H groups in total. The Morgan fingerprint density at radius 1 is 1.56 bits per heavy atom. The molecule has 0 radical (unpaired) electrons. The Balaban J connectivity index is 2.61. The van der Waals surface area contributed by atoms with Gasteiger partial charge in [0.25, 0.3) is 0 Å². The predicted molar refractivity (Wildman–Crippen MR) is 68.9 cm³/mol. The molecule has 0 saturated heterocycles. The number of benzene rings is 1. The van der Waals surface area contributed by atoms with E-state index >= 15 is 0 Å². The number of nitrogens with zero attached hydrogens (tertiary/aromatic N) is 1. The summed E-state index contributed by atoms with van der Waals surface area (Å²) in [6.07, 6.45) is 0. The van der Waals surface area contributed by atoms with Crippen LogP contribution in [0.15, 0.2) is 18.2 Å². The molecule has 0 aliphatic heterocycles. The Kier molecular flexibility index (Phi) is 5.56. The van der Waals surface area contributed by atoms with E-state index in [0.717, 1.165) is 0 Å². The summed E-state index contributed by atoms with van der Waals surface area (Å²) in [5.41, 5.74) is 0.516. The van der Waals surface area contributed by atoms with E-state index in [4.69, 9.17) is 11.6 Å². The van der Waals surface area contributed by atoms with Crippen LogP contribution in [0.25, 0.3) is 0 Å². The molecule has 0 bridgehead atoms. The van der Waals surface area contributed by atoms with Gasteiger partial charge < -0.3 is 9.64 Å². The highest BCUT2D eigenvalue weighted by Gasteiger charge is 2.16. The average Bonchev–Trinajstić information content (AvgIpc) is 2.32. The number of carbonyl (C=O) groups excluding carboxylic acids is 1. The number of halogens is 2. The van der Waals surface area contributed by atoms with Crippen molar-refractivity contribution in [2.45, 2.75) is 13.5 Å². The number of esters is 1. The van der Waals surface area contributed by atoms with Crippen LogP contribution in [0.2, 0.25) is 5.02 Å². The lowest BCUT2D eigenvalue weighted by molar-refractivity contribution is -0.145. The summed E-state index contributed by atoms with van der Waals surface area (Å²) in [7, 11) is 3.18. The van der Waals surface area contributed by atoms with Gasteiger partial charge in [-0.1, -0.05) is 18.5 Å². The van der Waals surface area contributed by atoms with E-state index in [1.54, 1.807) is 13.0 Å². The van der Waals surface area contributed by atoms with E-state index in [-0.39, 0.29) is 17.7 Å². The van der Waals surface area contributed by atoms with Gasteiger partial charge in [0.05, 0.1) is 13.0 Å². The van der Waals surface area contributed by atoms with E-state index in [1.807, 2.05) is 11.9 Å². The van der Waals surface area contributed by atoms with Crippen molar-refractivity contribution in [1.82, 2.24) is 4.90 Å². The lowest BCUT2D eigenvalue weighted by Gasteiger charge is -2.20. The first-order valence-electron chi connectivity index (χ1n) is 5.64. The fraction of sp³-hybridized carbons (Fsp3) is 0.462. The molecule has 0 saturated carbocycles. The standard InChI is InChI=1S/C13H17ClFNO2/c1-9(13(17)18-3)7-16(2)8-10-6-11(14)4-5-12(10)15/h4-6,9H,7-8H2,1-3H3. The minimum atomic E-state index is -0.294. The summed E-state index contributed by atoms with van der Waals surface area (Å²) in [6, 6.07) is 4.45. The lowest BCUT2D eigenvalue weighted by atomic mass is 10.1. The SMILES string of the molecule is COC(=O)C(C)CN(C)Cc1cc(Cl)ccc1F. The van der Waals surface area contributed by atoms with Crippen LogP contribution in [0.1, 0.15) is 12.5 Å². The van der Waals surface area contributed by atoms with Gasteiger partial charge in [-0.3, -0.25) is 4.79 Å². The summed E-state index contributed by atoms with van der Waals surface area (Å²) >= 11 is 5.82. The van der Waals surface area contributed by atoms with Crippen molar-refractivity contribution < 1.29 is 13.9 Å². The summed E-state index contributed by atoms with van der Waals surface area (Å²) < 4.78 is 18.2. The molecule has 1 unspecified atom stereocenters. The van der Waals surface area contributed by atoms with Crippen LogP contribution in [0, 0.1) is 11.7 Å². The second-order valence-electron chi connectivity index (χ2n) is 4.36. The highest BCUT2D eigenvalue weighted by Crippen LogP contribution is 2.16. The number of methoxy groups -OCH3 is 1. The van der Waals surface area contributed by atoms with E-state index in [1.165, 1.54) is 19.2 Å². The van der Waals surface area contributed by atoms with Crippen molar-refractivity contribution in [1.29, 1.82) is 0 Å². The molecule has 1 aromatic carbocycles. The Hall–Kier alpha value is -1.13. The van der Waals surface area contributed by atoms with Crippen LogP contribution in [0.5, 0.6) is 0 Å². The second-order valence-corrected chi connectivity index (χ2v) is 4.79. The molecular weight excluding hydrogens is 257 g/mol. The van der Waals surface area contributed by atoms with Gasteiger partial charge in [-0.05, 0) is 25.2 Å². The van der Waals surface area contributed by atoms with Crippen LogP contribution in [0.3, 0.4) is 0 Å². The van der Waals surface area contributed by atoms with Gasteiger partial charge in [-0.2, -0.15) is 0 Å². The molecular formula is C13H17ClFNO2. The zero-order chi connectivity index (χ0) is 13.7. The predicted octanol–water partition coefficient (Wildman–Crippen LogP) is 2.72. The molecule has 0 spiro atoms. The van der Waals surface area contributed by atoms with Gasteiger partial charge in [0.1, 0.15) is 5.82 Å². The number of hydrogen-bond acceptors (Lipinski definition) is 3. The van der Waals surface area contributed by atoms with Crippen molar-refractivity contribution >= 4 is 17.6 Å². The maximum Gasteiger partial charge on any atom is 0.309 e. The largest absolute Gasteiger partial charge is 0.469 e. The third-order valence-corrected chi connectivity index (χ3v) is 2.87. The van der Waals surface area contributed by atoms with Crippen molar-refractivity contribution in [3.63, 3.8) is 0 Å². The molecule has 18 heavy (non-hydrogen) atoms. The average molecular weight is 274 g/mol. The van der Waals surface area contributed by atoms with Crippen LogP contribution in [-0.2, 0) is 16.1 Å². The molecule has 3 nitrogen and oxygen atoms in total. The second kappa shape index (κ2) is 6.71. The molecule has 0 aliphatic carbocycles. The maximum absolute atomic E-state index is 13.5. The highest BCUT2D eigenvalue weighted by atomic mass is 35.5. The molecule has 0 heterocycles. The van der Waals surface area contributed by atoms with Crippen LogP contribution < -0.4 is 0 Å². The first-order valence-corrected chi connectivity index (χ1v) is 6.02. The van der Waals surface area contributed by atoms with Crippen LogP contribution in [0.4, 0.5) is 4.39 Å². The summed E-state index contributed by atoms with van der Waals surface area (Å²) in [6.45, 7) is 2.67. The molecule has 0 aliphatic rings. The van der Waals surface area contributed by atoms with E-state index in [2.05, 4.69) is 4.74 Å². The van der Waals surface area contributed by atoms with Gasteiger partial charge in [-0.25, -0.2) is 4.39 Å². The van der Waals surface area contributed by atoms with Crippen LogP contribution >= 0.6 is 11.6 Å². The quantitative estimate of drug-likeness (QED) is 0.773. The topological polar surface area (TPSA) is 29.5 Å². The Morgan fingerprint density at radius 3 is 2.83 bits per heavy atom. The van der Waals surface area contributed by atoms with Crippen molar-refractivity contribution in [2.75, 3.05) is 20.7 Å². The molecule has 1 aromatic rings. The fourth-order valence-corrected chi connectivity index (χ4v) is 1.96. The van der Waals surface area contributed by atoms with Gasteiger partial charge in [0, 0.05) is 23.7 Å². The monoisotopic (exact) mass is 273 g/mol. The number of hydrogen-bond donors (Lipinski definition) is 0. The molecule has 1 rings (SSSR count). The zero-order valence-corrected chi connectivity index (χ0v) is 11.5. The molecule has 0 amide bonds. The molecule has 100 valence electrons. The molecule has 0 aromatic heterocycles. The van der Waals surface area contributed by atoms with Crippen molar-refractivity contribution in [2.24, 2.45) is 5.92 Å². The van der Waals surface area contributed by atoms with E-state index in [0.29, 0.717) is 23.7 Å². The first kappa shape index (κ1) is 14.9. The fourth-order valence-electron chi connectivity index (χ4n) is 1.76. The van der Waals surface area contributed by atoms with Crippen molar-refractivity contribution in [3.8, 4) is 0 Å². The van der Waals surface area contributed by atoms with Gasteiger partial charge >= 0.3 is 5.97 Å². The lowest BCUT2D eigenvalue weighted by Crippen LogP contribution is -2.29.